The van der Waals surface area contributed by atoms with E-state index < -0.39 is 0 Å². The van der Waals surface area contributed by atoms with Gasteiger partial charge >= 0.3 is 0 Å². The zero-order valence-electron chi connectivity index (χ0n) is 18.4. The standard InChI is InChI=1S/C26H24ClN5S/c1-17-15-20(18(2)32(17)23-9-4-3-7-21(23)27)25-24(22-8-5-6-12-29-22)30-26(33)31(25)16-19-10-13-28-14-11-19/h3-15,24-25H,16H2,1-2H3,(H,30,33)/t24-,25+/m0/s1. The monoisotopic (exact) mass is 473 g/mol. The molecule has 4 heterocycles. The molecule has 1 N–H and O–H groups in total. The summed E-state index contributed by atoms with van der Waals surface area (Å²) in [4.78, 5) is 11.1. The average Bonchev–Trinajstić information content (AvgIpc) is 3.30. The molecule has 0 aliphatic carbocycles. The Morgan fingerprint density at radius 1 is 1.00 bits per heavy atom. The number of rotatable bonds is 5. The van der Waals surface area contributed by atoms with Crippen LogP contribution in [0.5, 0.6) is 0 Å². The molecule has 1 aromatic carbocycles. The van der Waals surface area contributed by atoms with Gasteiger partial charge in [-0.1, -0.05) is 29.8 Å². The molecule has 1 aliphatic rings. The minimum Gasteiger partial charge on any atom is -0.352 e. The molecular weight excluding hydrogens is 450 g/mol. The van der Waals surface area contributed by atoms with Crippen molar-refractivity contribution in [3.05, 3.63) is 112 Å². The van der Waals surface area contributed by atoms with Gasteiger partial charge in [0.2, 0.25) is 0 Å². The van der Waals surface area contributed by atoms with Gasteiger partial charge in [-0.15, -0.1) is 0 Å². The van der Waals surface area contributed by atoms with E-state index in [-0.39, 0.29) is 12.1 Å². The molecule has 7 heteroatoms. The van der Waals surface area contributed by atoms with Gasteiger partial charge in [0.25, 0.3) is 0 Å². The smallest absolute Gasteiger partial charge is 0.170 e. The van der Waals surface area contributed by atoms with Gasteiger partial charge < -0.3 is 14.8 Å². The third kappa shape index (κ3) is 4.01. The number of hydrogen-bond donors (Lipinski definition) is 1. The molecular formula is C26H24ClN5S. The molecule has 1 saturated heterocycles. The fraction of sp³-hybridized carbons (Fsp3) is 0.192. The van der Waals surface area contributed by atoms with E-state index in [4.69, 9.17) is 23.8 Å². The van der Waals surface area contributed by atoms with Crippen molar-refractivity contribution < 1.29 is 0 Å². The Kier molecular flexibility index (Phi) is 5.87. The maximum atomic E-state index is 6.58. The predicted octanol–water partition coefficient (Wildman–Crippen LogP) is 5.71. The van der Waals surface area contributed by atoms with E-state index in [0.29, 0.717) is 6.54 Å². The fourth-order valence-electron chi connectivity index (χ4n) is 4.69. The number of aromatic nitrogens is 3. The number of nitrogens with one attached hydrogen (secondary N) is 1. The zero-order chi connectivity index (χ0) is 22.9. The maximum Gasteiger partial charge on any atom is 0.170 e. The summed E-state index contributed by atoms with van der Waals surface area (Å²) in [5.41, 5.74) is 6.55. The first-order chi connectivity index (χ1) is 16.0. The lowest BCUT2D eigenvalue weighted by Crippen LogP contribution is -2.29. The molecule has 1 aliphatic heterocycles. The summed E-state index contributed by atoms with van der Waals surface area (Å²) in [7, 11) is 0. The van der Waals surface area contributed by atoms with Crippen molar-refractivity contribution in [3.8, 4) is 5.69 Å². The molecule has 4 aromatic rings. The van der Waals surface area contributed by atoms with Crippen molar-refractivity contribution in [1.82, 2.24) is 24.8 Å². The minimum absolute atomic E-state index is 0.0250. The highest BCUT2D eigenvalue weighted by molar-refractivity contribution is 7.80. The third-order valence-electron chi connectivity index (χ3n) is 6.18. The summed E-state index contributed by atoms with van der Waals surface area (Å²) in [6, 6.07) is 20.2. The highest BCUT2D eigenvalue weighted by Crippen LogP contribution is 2.42. The van der Waals surface area contributed by atoms with E-state index in [1.54, 1.807) is 0 Å². The van der Waals surface area contributed by atoms with Crippen LogP contribution in [0.2, 0.25) is 5.02 Å². The van der Waals surface area contributed by atoms with Crippen LogP contribution in [-0.4, -0.2) is 24.5 Å². The lowest BCUT2D eigenvalue weighted by atomic mass is 9.96. The highest BCUT2D eigenvalue weighted by Gasteiger charge is 2.41. The average molecular weight is 474 g/mol. The van der Waals surface area contributed by atoms with Crippen LogP contribution in [0.4, 0.5) is 0 Å². The van der Waals surface area contributed by atoms with E-state index in [0.717, 1.165) is 38.5 Å². The summed E-state index contributed by atoms with van der Waals surface area (Å²) in [5.74, 6) is 0. The molecule has 0 amide bonds. The van der Waals surface area contributed by atoms with Gasteiger partial charge in [0, 0.05) is 36.5 Å². The first kappa shape index (κ1) is 21.6. The van der Waals surface area contributed by atoms with Crippen molar-refractivity contribution in [1.29, 1.82) is 0 Å². The number of para-hydroxylation sites is 1. The second-order valence-electron chi connectivity index (χ2n) is 8.22. The molecule has 5 rings (SSSR count). The maximum absolute atomic E-state index is 6.58. The van der Waals surface area contributed by atoms with Crippen LogP contribution in [0.1, 0.15) is 40.3 Å². The molecule has 2 atom stereocenters. The van der Waals surface area contributed by atoms with Crippen LogP contribution in [-0.2, 0) is 6.54 Å². The van der Waals surface area contributed by atoms with Gasteiger partial charge in [0.15, 0.2) is 5.11 Å². The highest BCUT2D eigenvalue weighted by atomic mass is 35.5. The van der Waals surface area contributed by atoms with Crippen LogP contribution in [0, 0.1) is 13.8 Å². The Balaban J connectivity index is 1.63. The molecule has 0 saturated carbocycles. The van der Waals surface area contributed by atoms with Crippen LogP contribution >= 0.6 is 23.8 Å². The zero-order valence-corrected chi connectivity index (χ0v) is 20.0. The Bertz CT molecular complexity index is 1290. The SMILES string of the molecule is Cc1cc([C@@H]2[C@H](c3ccccn3)NC(=S)N2Cc2ccncc2)c(C)n1-c1ccccc1Cl. The third-order valence-corrected chi connectivity index (χ3v) is 6.85. The van der Waals surface area contributed by atoms with Crippen molar-refractivity contribution in [3.63, 3.8) is 0 Å². The van der Waals surface area contributed by atoms with Crippen LogP contribution < -0.4 is 5.32 Å². The van der Waals surface area contributed by atoms with E-state index in [1.807, 2.05) is 61.1 Å². The Labute approximate surface area is 204 Å². The van der Waals surface area contributed by atoms with Gasteiger partial charge in [0.05, 0.1) is 28.5 Å². The van der Waals surface area contributed by atoms with E-state index >= 15 is 0 Å². The van der Waals surface area contributed by atoms with E-state index in [9.17, 15) is 0 Å². The molecule has 0 radical (unpaired) electrons. The number of aryl methyl sites for hydroxylation is 1. The number of pyridine rings is 2. The molecule has 166 valence electrons. The molecule has 5 nitrogen and oxygen atoms in total. The molecule has 0 spiro atoms. The van der Waals surface area contributed by atoms with E-state index in [2.05, 4.69) is 56.8 Å². The molecule has 33 heavy (non-hydrogen) atoms. The van der Waals surface area contributed by atoms with Crippen molar-refractivity contribution >= 4 is 28.9 Å². The lowest BCUT2D eigenvalue weighted by molar-refractivity contribution is 0.310. The summed E-state index contributed by atoms with van der Waals surface area (Å²) < 4.78 is 2.22. The van der Waals surface area contributed by atoms with Gasteiger partial charge in [-0.2, -0.15) is 0 Å². The molecule has 0 bridgehead atoms. The summed E-state index contributed by atoms with van der Waals surface area (Å²) in [5, 5.41) is 4.98. The van der Waals surface area contributed by atoms with Crippen molar-refractivity contribution in [2.24, 2.45) is 0 Å². The normalized spacial score (nSPS) is 17.9. The lowest BCUT2D eigenvalue weighted by Gasteiger charge is -2.28. The van der Waals surface area contributed by atoms with Gasteiger partial charge in [0.1, 0.15) is 0 Å². The second kappa shape index (κ2) is 8.96. The van der Waals surface area contributed by atoms with Crippen molar-refractivity contribution in [2.45, 2.75) is 32.5 Å². The van der Waals surface area contributed by atoms with Crippen LogP contribution in [0.3, 0.4) is 0 Å². The first-order valence-electron chi connectivity index (χ1n) is 10.9. The van der Waals surface area contributed by atoms with Crippen LogP contribution in [0.25, 0.3) is 5.69 Å². The molecule has 3 aromatic heterocycles. The second-order valence-corrected chi connectivity index (χ2v) is 9.02. The minimum atomic E-state index is -0.0688. The largest absolute Gasteiger partial charge is 0.352 e. The quantitative estimate of drug-likeness (QED) is 0.376. The molecule has 1 fully saturated rings. The summed E-state index contributed by atoms with van der Waals surface area (Å²) in [6.07, 6.45) is 5.46. The topological polar surface area (TPSA) is 46.0 Å². The number of benzene rings is 1. The van der Waals surface area contributed by atoms with Gasteiger partial charge in [-0.05, 0) is 79.7 Å². The molecule has 0 unspecified atom stereocenters. The van der Waals surface area contributed by atoms with Crippen molar-refractivity contribution in [2.75, 3.05) is 0 Å². The van der Waals surface area contributed by atoms with Crippen LogP contribution in [0.15, 0.2) is 79.3 Å². The van der Waals surface area contributed by atoms with Gasteiger partial charge in [-0.25, -0.2) is 0 Å². The Hall–Kier alpha value is -3.22. The number of thiocarbonyl (C=S) groups is 1. The number of halogens is 1. The van der Waals surface area contributed by atoms with Gasteiger partial charge in [-0.3, -0.25) is 9.97 Å². The first-order valence-corrected chi connectivity index (χ1v) is 11.6. The van der Waals surface area contributed by atoms with E-state index in [1.165, 1.54) is 5.56 Å². The summed E-state index contributed by atoms with van der Waals surface area (Å²) >= 11 is 12.4. The Morgan fingerprint density at radius 3 is 2.48 bits per heavy atom. The fourth-order valence-corrected chi connectivity index (χ4v) is 5.22. The predicted molar refractivity (Wildman–Crippen MR) is 135 cm³/mol. The summed E-state index contributed by atoms with van der Waals surface area (Å²) in [6.45, 7) is 4.94. The number of nitrogens with zero attached hydrogens (tertiary/aromatic N) is 4. The Morgan fingerprint density at radius 2 is 1.76 bits per heavy atom. The number of hydrogen-bond acceptors (Lipinski definition) is 3.